The number of aromatic nitrogens is 2. The first kappa shape index (κ1) is 14.7. The van der Waals surface area contributed by atoms with Gasteiger partial charge in [0.15, 0.2) is 0 Å². The number of carbonyl (C=O) groups is 1. The molecule has 5 nitrogen and oxygen atoms in total. The van der Waals surface area contributed by atoms with Gasteiger partial charge in [-0.1, -0.05) is 18.2 Å². The van der Waals surface area contributed by atoms with E-state index in [0.29, 0.717) is 0 Å². The number of hydrogen-bond acceptors (Lipinski definition) is 3. The molecule has 3 rings (SSSR count). The first-order chi connectivity index (χ1) is 10.7. The topological polar surface area (TPSA) is 78.0 Å². The molecule has 0 unspecified atom stereocenters. The minimum atomic E-state index is -1.06. The third kappa shape index (κ3) is 2.87. The molecule has 0 saturated heterocycles. The highest BCUT2D eigenvalue weighted by Crippen LogP contribution is 2.30. The van der Waals surface area contributed by atoms with Crippen molar-refractivity contribution in [1.29, 1.82) is 0 Å². The molecule has 3 N–H and O–H groups in total. The highest BCUT2D eigenvalue weighted by atomic mass is 19.1. The Kier molecular flexibility index (Phi) is 4.20. The van der Waals surface area contributed by atoms with Gasteiger partial charge in [0.25, 0.3) is 0 Å². The zero-order valence-electron chi connectivity index (χ0n) is 12.1. The number of hydrogen-bond donors (Lipinski definition) is 3. The molecule has 6 heteroatoms. The fourth-order valence-electron chi connectivity index (χ4n) is 2.91. The van der Waals surface area contributed by atoms with Gasteiger partial charge < -0.3 is 10.4 Å². The van der Waals surface area contributed by atoms with E-state index in [1.54, 1.807) is 18.3 Å². The molecule has 1 aliphatic carbocycles. The Bertz CT molecular complexity index is 671. The number of H-pyrrole nitrogens is 1. The number of nitrogens with zero attached hydrogens (tertiary/aromatic N) is 1. The molecule has 2 atom stereocenters. The smallest absolute Gasteiger partial charge is 0.227 e. The minimum absolute atomic E-state index is 0.0105. The van der Waals surface area contributed by atoms with E-state index in [9.17, 15) is 14.3 Å². The Labute approximate surface area is 127 Å². The monoisotopic (exact) mass is 303 g/mol. The first-order valence-electron chi connectivity index (χ1n) is 7.39. The molecule has 0 fully saturated rings. The first-order valence-corrected chi connectivity index (χ1v) is 7.39. The molecule has 1 aromatic heterocycles. The highest BCUT2D eigenvalue weighted by molar-refractivity contribution is 5.84. The summed E-state index contributed by atoms with van der Waals surface area (Å²) in [6.45, 7) is -0.0105. The molecule has 0 spiro atoms. The number of amides is 1. The van der Waals surface area contributed by atoms with Crippen LogP contribution >= 0.6 is 0 Å². The van der Waals surface area contributed by atoms with Gasteiger partial charge in [0, 0.05) is 23.4 Å². The Morgan fingerprint density at radius 2 is 2.32 bits per heavy atom. The van der Waals surface area contributed by atoms with E-state index in [1.165, 1.54) is 12.1 Å². The number of aromatic amines is 1. The molecule has 2 aromatic rings. The number of carbonyl (C=O) groups excluding carboxylic acids is 1. The number of halogens is 1. The Balaban J connectivity index is 1.63. The number of rotatable bonds is 4. The summed E-state index contributed by atoms with van der Waals surface area (Å²) >= 11 is 0. The molecule has 0 aliphatic heterocycles. The summed E-state index contributed by atoms with van der Waals surface area (Å²) in [5.74, 6) is -0.882. The van der Waals surface area contributed by atoms with E-state index in [2.05, 4.69) is 15.5 Å². The van der Waals surface area contributed by atoms with Crippen molar-refractivity contribution in [1.82, 2.24) is 15.5 Å². The van der Waals surface area contributed by atoms with E-state index < -0.39 is 11.9 Å². The van der Waals surface area contributed by atoms with Crippen LogP contribution < -0.4 is 5.32 Å². The Morgan fingerprint density at radius 3 is 3.14 bits per heavy atom. The summed E-state index contributed by atoms with van der Waals surface area (Å²) in [5.41, 5.74) is 2.11. The summed E-state index contributed by atoms with van der Waals surface area (Å²) in [7, 11) is 0. The average molecular weight is 303 g/mol. The maximum atomic E-state index is 13.6. The lowest BCUT2D eigenvalue weighted by molar-refractivity contribution is -0.123. The van der Waals surface area contributed by atoms with Gasteiger partial charge in [-0.15, -0.1) is 0 Å². The molecular weight excluding hydrogens is 285 g/mol. The molecule has 1 aliphatic rings. The van der Waals surface area contributed by atoms with E-state index in [4.69, 9.17) is 0 Å². The third-order valence-corrected chi connectivity index (χ3v) is 4.10. The van der Waals surface area contributed by atoms with E-state index in [0.717, 1.165) is 30.5 Å². The lowest BCUT2D eigenvalue weighted by Gasteiger charge is -2.22. The summed E-state index contributed by atoms with van der Waals surface area (Å²) in [6.07, 6.45) is 3.21. The van der Waals surface area contributed by atoms with Gasteiger partial charge in [0.05, 0.1) is 18.2 Å². The minimum Gasteiger partial charge on any atom is -0.386 e. The number of aliphatic hydroxyl groups is 1. The molecule has 0 radical (unpaired) electrons. The molecular formula is C16H18FN3O2. The van der Waals surface area contributed by atoms with Crippen molar-refractivity contribution < 1.29 is 14.3 Å². The van der Waals surface area contributed by atoms with Crippen LogP contribution in [0, 0.1) is 5.82 Å². The van der Waals surface area contributed by atoms with Crippen LogP contribution in [0.5, 0.6) is 0 Å². The van der Waals surface area contributed by atoms with Gasteiger partial charge in [-0.25, -0.2) is 4.39 Å². The molecule has 0 saturated carbocycles. The zero-order chi connectivity index (χ0) is 15.5. The second-order valence-electron chi connectivity index (χ2n) is 5.53. The molecule has 1 heterocycles. The van der Waals surface area contributed by atoms with Gasteiger partial charge in [-0.05, 0) is 25.3 Å². The van der Waals surface area contributed by atoms with E-state index in [1.807, 2.05) is 0 Å². The Hall–Kier alpha value is -2.21. The Morgan fingerprint density at radius 1 is 1.50 bits per heavy atom. The number of aryl methyl sites for hydroxylation is 1. The number of aliphatic hydroxyl groups excluding tert-OH is 1. The lowest BCUT2D eigenvalue weighted by Crippen LogP contribution is -2.34. The molecule has 116 valence electrons. The van der Waals surface area contributed by atoms with E-state index >= 15 is 0 Å². The van der Waals surface area contributed by atoms with Crippen molar-refractivity contribution in [2.24, 2.45) is 0 Å². The number of nitrogens with one attached hydrogen (secondary N) is 2. The summed E-state index contributed by atoms with van der Waals surface area (Å²) in [6, 6.07) is 6.02. The second-order valence-corrected chi connectivity index (χ2v) is 5.53. The van der Waals surface area contributed by atoms with Crippen LogP contribution in [-0.2, 0) is 11.2 Å². The SMILES string of the molecule is O=C(NC[C@@H](O)c1ccccc1F)[C@H]1CCCc2[nH]ncc21. The van der Waals surface area contributed by atoms with Gasteiger partial charge in [-0.3, -0.25) is 9.89 Å². The zero-order valence-corrected chi connectivity index (χ0v) is 12.1. The van der Waals surface area contributed by atoms with Gasteiger partial charge in [0.1, 0.15) is 5.82 Å². The average Bonchev–Trinajstić information content (AvgIpc) is 3.01. The normalized spacial score (nSPS) is 18.5. The van der Waals surface area contributed by atoms with Crippen LogP contribution in [0.25, 0.3) is 0 Å². The molecule has 1 aromatic carbocycles. The van der Waals surface area contributed by atoms with Crippen LogP contribution in [-0.4, -0.2) is 27.8 Å². The third-order valence-electron chi connectivity index (χ3n) is 4.10. The summed E-state index contributed by atoms with van der Waals surface area (Å²) in [5, 5.41) is 19.6. The van der Waals surface area contributed by atoms with Gasteiger partial charge in [0.2, 0.25) is 5.91 Å². The fourth-order valence-corrected chi connectivity index (χ4v) is 2.91. The van der Waals surface area contributed by atoms with Gasteiger partial charge >= 0.3 is 0 Å². The van der Waals surface area contributed by atoms with Crippen molar-refractivity contribution in [2.45, 2.75) is 31.3 Å². The molecule has 1 amide bonds. The van der Waals surface area contributed by atoms with Crippen LogP contribution in [0.4, 0.5) is 4.39 Å². The largest absolute Gasteiger partial charge is 0.386 e. The maximum Gasteiger partial charge on any atom is 0.227 e. The predicted molar refractivity (Wildman–Crippen MR) is 78.6 cm³/mol. The van der Waals surface area contributed by atoms with Crippen LogP contribution in [0.15, 0.2) is 30.5 Å². The molecule has 22 heavy (non-hydrogen) atoms. The number of fused-ring (bicyclic) bond motifs is 1. The predicted octanol–water partition coefficient (Wildman–Crippen LogP) is 1.82. The van der Waals surface area contributed by atoms with Crippen LogP contribution in [0.2, 0.25) is 0 Å². The maximum absolute atomic E-state index is 13.6. The standard InChI is InChI=1S/C16H18FN3O2/c17-13-6-2-1-4-11(13)15(21)9-18-16(22)10-5-3-7-14-12(10)8-19-20-14/h1-2,4,6,8,10,15,21H,3,5,7,9H2,(H,18,22)(H,19,20)/t10-,15+/m0/s1. The summed E-state index contributed by atoms with van der Waals surface area (Å²) < 4.78 is 13.6. The highest BCUT2D eigenvalue weighted by Gasteiger charge is 2.28. The quantitative estimate of drug-likeness (QED) is 0.806. The van der Waals surface area contributed by atoms with Crippen molar-refractivity contribution >= 4 is 5.91 Å². The van der Waals surface area contributed by atoms with Gasteiger partial charge in [-0.2, -0.15) is 5.10 Å². The van der Waals surface area contributed by atoms with Crippen molar-refractivity contribution in [2.75, 3.05) is 6.54 Å². The van der Waals surface area contributed by atoms with Crippen LogP contribution in [0.1, 0.15) is 41.7 Å². The lowest BCUT2D eigenvalue weighted by atomic mass is 9.86. The molecule has 0 bridgehead atoms. The van der Waals surface area contributed by atoms with Crippen molar-refractivity contribution in [3.05, 3.63) is 53.1 Å². The van der Waals surface area contributed by atoms with Crippen molar-refractivity contribution in [3.8, 4) is 0 Å². The van der Waals surface area contributed by atoms with Crippen LogP contribution in [0.3, 0.4) is 0 Å². The second kappa shape index (κ2) is 6.27. The fraction of sp³-hybridized carbons (Fsp3) is 0.375. The summed E-state index contributed by atoms with van der Waals surface area (Å²) in [4.78, 5) is 12.3. The van der Waals surface area contributed by atoms with E-state index in [-0.39, 0.29) is 23.9 Å². The number of benzene rings is 1. The van der Waals surface area contributed by atoms with Crippen molar-refractivity contribution in [3.63, 3.8) is 0 Å².